The number of hydrogen-bond donors (Lipinski definition) is 0. The smallest absolute Gasteiger partial charge is 0.367 e. The van der Waals surface area contributed by atoms with Gasteiger partial charge in [-0.25, -0.2) is 0 Å². The number of carbonyl (C=O) groups is 2. The van der Waals surface area contributed by atoms with Gasteiger partial charge in [-0.1, -0.05) is 37.3 Å². The van der Waals surface area contributed by atoms with Crippen LogP contribution >= 0.6 is 0 Å². The number of pyridine rings is 2. The second-order valence-corrected chi connectivity index (χ2v) is 11.4. The van der Waals surface area contributed by atoms with Crippen LogP contribution in [0.4, 0.5) is 18.9 Å². The molecule has 3 heterocycles. The standard InChI is InChI=1S/C36H29F3N4O2/c1-2-33(45)43-15-13-42(14-16-43)31-11-8-24(19-28(31)36(37,38)39)35-32(44)12-9-25-20-41-30-10-7-22(18-27(30)34(25)35)26-17-23-5-3-4-6-29(23)40-21-26/h3-12,17-21,35H,2,13-16H2,1H3. The molecule has 0 saturated carbocycles. The molecular formula is C36H29F3N4O2. The maximum absolute atomic E-state index is 14.6. The third-order valence-corrected chi connectivity index (χ3v) is 8.80. The molecule has 2 aliphatic rings. The van der Waals surface area contributed by atoms with Crippen LogP contribution in [-0.2, 0) is 15.8 Å². The molecule has 45 heavy (non-hydrogen) atoms. The fraction of sp³-hybridized carbons (Fsp3) is 0.222. The van der Waals surface area contributed by atoms with Gasteiger partial charge in [-0.15, -0.1) is 0 Å². The van der Waals surface area contributed by atoms with Crippen molar-refractivity contribution < 1.29 is 22.8 Å². The van der Waals surface area contributed by atoms with E-state index in [1.807, 2.05) is 48.5 Å². The van der Waals surface area contributed by atoms with Crippen LogP contribution in [0.25, 0.3) is 39.0 Å². The normalized spacial score (nSPS) is 16.8. The molecule has 1 aliphatic heterocycles. The number of halogens is 3. The number of carbonyl (C=O) groups excluding carboxylic acids is 2. The number of para-hydroxylation sites is 1. The number of piperazine rings is 1. The number of anilines is 1. The average Bonchev–Trinajstić information content (AvgIpc) is 3.06. The summed E-state index contributed by atoms with van der Waals surface area (Å²) in [7, 11) is 0. The summed E-state index contributed by atoms with van der Waals surface area (Å²) in [5.74, 6) is -1.24. The van der Waals surface area contributed by atoms with E-state index in [-0.39, 0.29) is 22.9 Å². The molecule has 7 rings (SSSR count). The number of allylic oxidation sites excluding steroid dienone is 1. The minimum Gasteiger partial charge on any atom is -0.367 e. The number of ketones is 1. The van der Waals surface area contributed by atoms with Gasteiger partial charge in [-0.3, -0.25) is 19.6 Å². The molecule has 5 aromatic rings. The zero-order valence-electron chi connectivity index (χ0n) is 24.5. The Bertz CT molecular complexity index is 2010. The summed E-state index contributed by atoms with van der Waals surface area (Å²) in [6.45, 7) is 3.09. The molecule has 1 atom stereocenters. The van der Waals surface area contributed by atoms with Gasteiger partial charge in [0, 0.05) is 67.0 Å². The Labute approximate surface area is 257 Å². The average molecular weight is 607 g/mol. The molecule has 3 aromatic carbocycles. The molecular weight excluding hydrogens is 577 g/mol. The van der Waals surface area contributed by atoms with Gasteiger partial charge in [0.25, 0.3) is 0 Å². The number of nitrogens with zero attached hydrogens (tertiary/aromatic N) is 4. The fourth-order valence-electron chi connectivity index (χ4n) is 6.49. The molecule has 1 fully saturated rings. The predicted octanol–water partition coefficient (Wildman–Crippen LogP) is 7.26. The topological polar surface area (TPSA) is 66.4 Å². The third-order valence-electron chi connectivity index (χ3n) is 8.80. The summed E-state index contributed by atoms with van der Waals surface area (Å²) >= 11 is 0. The number of amides is 1. The van der Waals surface area contributed by atoms with Gasteiger partial charge in [-0.2, -0.15) is 13.2 Å². The van der Waals surface area contributed by atoms with E-state index < -0.39 is 17.7 Å². The quantitative estimate of drug-likeness (QED) is 0.216. The first kappa shape index (κ1) is 28.7. The lowest BCUT2D eigenvalue weighted by molar-refractivity contribution is -0.137. The van der Waals surface area contributed by atoms with Crippen LogP contribution in [-0.4, -0.2) is 52.7 Å². The van der Waals surface area contributed by atoms with Gasteiger partial charge in [0.15, 0.2) is 5.78 Å². The van der Waals surface area contributed by atoms with Gasteiger partial charge in [0.1, 0.15) is 0 Å². The largest absolute Gasteiger partial charge is 0.418 e. The summed E-state index contributed by atoms with van der Waals surface area (Å²) in [5.41, 5.74) is 4.12. The number of alkyl halides is 3. The highest BCUT2D eigenvalue weighted by atomic mass is 19.4. The first-order chi connectivity index (χ1) is 21.7. The first-order valence-corrected chi connectivity index (χ1v) is 14.9. The van der Waals surface area contributed by atoms with Crippen LogP contribution < -0.4 is 4.90 Å². The van der Waals surface area contributed by atoms with Crippen molar-refractivity contribution in [2.24, 2.45) is 0 Å². The summed E-state index contributed by atoms with van der Waals surface area (Å²) in [6, 6.07) is 19.8. The second kappa shape index (κ2) is 11.1. The van der Waals surface area contributed by atoms with E-state index in [0.717, 1.165) is 28.1 Å². The zero-order valence-corrected chi connectivity index (χ0v) is 24.5. The van der Waals surface area contributed by atoms with Crippen LogP contribution in [0.1, 0.15) is 41.5 Å². The predicted molar refractivity (Wildman–Crippen MR) is 169 cm³/mol. The summed E-state index contributed by atoms with van der Waals surface area (Å²) in [6.07, 6.45) is 2.28. The SMILES string of the molecule is CCC(=O)N1CCN(c2ccc(C3C(=O)C=Cc4cnc5ccc(-c6cnc7ccccc7c6)cc5c43)cc2C(F)(F)F)CC1. The van der Waals surface area contributed by atoms with Crippen molar-refractivity contribution in [1.82, 2.24) is 14.9 Å². The van der Waals surface area contributed by atoms with Crippen LogP contribution in [0.3, 0.4) is 0 Å². The Morgan fingerprint density at radius 2 is 1.64 bits per heavy atom. The van der Waals surface area contributed by atoms with Crippen molar-refractivity contribution in [2.75, 3.05) is 31.1 Å². The second-order valence-electron chi connectivity index (χ2n) is 11.4. The molecule has 1 saturated heterocycles. The van der Waals surface area contributed by atoms with E-state index in [2.05, 4.69) is 9.97 Å². The highest BCUT2D eigenvalue weighted by Gasteiger charge is 2.38. The van der Waals surface area contributed by atoms with Gasteiger partial charge < -0.3 is 9.80 Å². The number of fused-ring (bicyclic) bond motifs is 4. The molecule has 1 amide bonds. The van der Waals surface area contributed by atoms with E-state index in [9.17, 15) is 22.8 Å². The molecule has 6 nitrogen and oxygen atoms in total. The van der Waals surface area contributed by atoms with E-state index in [4.69, 9.17) is 0 Å². The monoisotopic (exact) mass is 606 g/mol. The molecule has 0 N–H and O–H groups in total. The van der Waals surface area contributed by atoms with Crippen molar-refractivity contribution in [3.8, 4) is 11.1 Å². The zero-order chi connectivity index (χ0) is 31.3. The minimum atomic E-state index is -4.64. The highest BCUT2D eigenvalue weighted by molar-refractivity contribution is 6.08. The maximum Gasteiger partial charge on any atom is 0.418 e. The molecule has 226 valence electrons. The Morgan fingerprint density at radius 3 is 2.42 bits per heavy atom. The van der Waals surface area contributed by atoms with Gasteiger partial charge in [0.2, 0.25) is 5.91 Å². The Morgan fingerprint density at radius 1 is 0.867 bits per heavy atom. The van der Waals surface area contributed by atoms with Crippen molar-refractivity contribution >= 4 is 45.3 Å². The molecule has 1 unspecified atom stereocenters. The van der Waals surface area contributed by atoms with Gasteiger partial charge in [-0.05, 0) is 70.8 Å². The molecule has 9 heteroatoms. The lowest BCUT2D eigenvalue weighted by atomic mass is 9.79. The van der Waals surface area contributed by atoms with Crippen molar-refractivity contribution in [1.29, 1.82) is 0 Å². The summed E-state index contributed by atoms with van der Waals surface area (Å²) in [5, 5.41) is 1.69. The Balaban J connectivity index is 1.32. The molecule has 0 bridgehead atoms. The molecule has 0 radical (unpaired) electrons. The third kappa shape index (κ3) is 5.22. The first-order valence-electron chi connectivity index (χ1n) is 14.9. The fourth-order valence-corrected chi connectivity index (χ4v) is 6.49. The van der Waals surface area contributed by atoms with Crippen LogP contribution in [0.5, 0.6) is 0 Å². The summed E-state index contributed by atoms with van der Waals surface area (Å²) in [4.78, 5) is 38.2. The lowest BCUT2D eigenvalue weighted by Crippen LogP contribution is -2.49. The van der Waals surface area contributed by atoms with Crippen molar-refractivity contribution in [3.05, 3.63) is 107 Å². The number of aromatic nitrogens is 2. The van der Waals surface area contributed by atoms with Crippen LogP contribution in [0.2, 0.25) is 0 Å². The van der Waals surface area contributed by atoms with Crippen molar-refractivity contribution in [2.45, 2.75) is 25.4 Å². The van der Waals surface area contributed by atoms with E-state index in [0.29, 0.717) is 54.6 Å². The molecule has 0 spiro atoms. The van der Waals surface area contributed by atoms with E-state index >= 15 is 0 Å². The molecule has 2 aromatic heterocycles. The highest BCUT2D eigenvalue weighted by Crippen LogP contribution is 2.43. The Kier molecular flexibility index (Phi) is 7.11. The van der Waals surface area contributed by atoms with Crippen LogP contribution in [0.15, 0.2) is 85.2 Å². The van der Waals surface area contributed by atoms with Crippen molar-refractivity contribution in [3.63, 3.8) is 0 Å². The summed E-state index contributed by atoms with van der Waals surface area (Å²) < 4.78 is 43.8. The maximum atomic E-state index is 14.6. The number of rotatable bonds is 4. The Hall–Kier alpha value is -5.05. The van der Waals surface area contributed by atoms with Gasteiger partial charge >= 0.3 is 6.18 Å². The van der Waals surface area contributed by atoms with Gasteiger partial charge in [0.05, 0.1) is 22.5 Å². The lowest BCUT2D eigenvalue weighted by Gasteiger charge is -2.37. The van der Waals surface area contributed by atoms with Crippen LogP contribution in [0, 0.1) is 0 Å². The number of benzene rings is 3. The van der Waals surface area contributed by atoms with E-state index in [1.54, 1.807) is 41.3 Å². The minimum absolute atomic E-state index is 0.00896. The molecule has 1 aliphatic carbocycles. The number of hydrogen-bond acceptors (Lipinski definition) is 5. The van der Waals surface area contributed by atoms with E-state index in [1.165, 1.54) is 12.1 Å².